The number of nitro benzene ring substituents is 1. The minimum absolute atomic E-state index is 0.0152. The SMILES string of the molecule is Cc1ccc(Cl)c(OCc2cccc([N+](=O)[O-])c2Br)c1. The van der Waals surface area contributed by atoms with E-state index < -0.39 is 4.92 Å². The number of halogens is 2. The van der Waals surface area contributed by atoms with Crippen LogP contribution in [-0.2, 0) is 6.61 Å². The van der Waals surface area contributed by atoms with Gasteiger partial charge in [0.15, 0.2) is 0 Å². The third-order valence-electron chi connectivity index (χ3n) is 2.72. The number of ether oxygens (including phenoxy) is 1. The zero-order chi connectivity index (χ0) is 14.7. The molecule has 0 amide bonds. The molecule has 0 unspecified atom stereocenters. The normalized spacial score (nSPS) is 10.3. The number of nitro groups is 1. The second-order valence-electron chi connectivity index (χ2n) is 4.23. The third kappa shape index (κ3) is 3.29. The average molecular weight is 357 g/mol. The highest BCUT2D eigenvalue weighted by molar-refractivity contribution is 9.10. The highest BCUT2D eigenvalue weighted by Gasteiger charge is 2.15. The summed E-state index contributed by atoms with van der Waals surface area (Å²) >= 11 is 9.27. The molecule has 0 N–H and O–H groups in total. The van der Waals surface area contributed by atoms with Crippen molar-refractivity contribution in [2.45, 2.75) is 13.5 Å². The lowest BCUT2D eigenvalue weighted by Gasteiger charge is -2.10. The van der Waals surface area contributed by atoms with Crippen LogP contribution in [0.15, 0.2) is 40.9 Å². The second-order valence-corrected chi connectivity index (χ2v) is 5.43. The Morgan fingerprint density at radius 2 is 2.10 bits per heavy atom. The van der Waals surface area contributed by atoms with Crippen LogP contribution in [0.5, 0.6) is 5.75 Å². The van der Waals surface area contributed by atoms with Gasteiger partial charge in [0.05, 0.1) is 9.95 Å². The Hall–Kier alpha value is -1.59. The van der Waals surface area contributed by atoms with Gasteiger partial charge in [0, 0.05) is 11.6 Å². The Labute approximate surface area is 129 Å². The molecule has 0 radical (unpaired) electrons. The molecule has 0 atom stereocenters. The van der Waals surface area contributed by atoms with Crippen LogP contribution in [0.25, 0.3) is 0 Å². The van der Waals surface area contributed by atoms with Crippen LogP contribution in [0.2, 0.25) is 5.02 Å². The van der Waals surface area contributed by atoms with Crippen LogP contribution in [-0.4, -0.2) is 4.92 Å². The van der Waals surface area contributed by atoms with Crippen LogP contribution in [0, 0.1) is 17.0 Å². The summed E-state index contributed by atoms with van der Waals surface area (Å²) in [4.78, 5) is 10.4. The van der Waals surface area contributed by atoms with Crippen molar-refractivity contribution in [2.75, 3.05) is 0 Å². The van der Waals surface area contributed by atoms with Crippen molar-refractivity contribution >= 4 is 33.2 Å². The zero-order valence-electron chi connectivity index (χ0n) is 10.6. The van der Waals surface area contributed by atoms with Gasteiger partial charge in [-0.25, -0.2) is 0 Å². The molecule has 0 bridgehead atoms. The van der Waals surface area contributed by atoms with E-state index in [9.17, 15) is 10.1 Å². The molecule has 0 aliphatic rings. The van der Waals surface area contributed by atoms with E-state index in [-0.39, 0.29) is 12.3 Å². The molecule has 0 aliphatic heterocycles. The Kier molecular flexibility index (Phi) is 4.62. The van der Waals surface area contributed by atoms with Crippen LogP contribution in [0.4, 0.5) is 5.69 Å². The maximum atomic E-state index is 10.9. The van der Waals surface area contributed by atoms with E-state index in [4.69, 9.17) is 16.3 Å². The van der Waals surface area contributed by atoms with Crippen LogP contribution in [0.3, 0.4) is 0 Å². The van der Waals surface area contributed by atoms with Gasteiger partial charge in [-0.1, -0.05) is 29.8 Å². The van der Waals surface area contributed by atoms with Crippen LogP contribution >= 0.6 is 27.5 Å². The maximum absolute atomic E-state index is 10.9. The van der Waals surface area contributed by atoms with Crippen molar-refractivity contribution in [1.29, 1.82) is 0 Å². The molecular weight excluding hydrogens is 346 g/mol. The fraction of sp³-hybridized carbons (Fsp3) is 0.143. The van der Waals surface area contributed by atoms with Gasteiger partial charge >= 0.3 is 0 Å². The first kappa shape index (κ1) is 14.8. The van der Waals surface area contributed by atoms with Gasteiger partial charge in [-0.05, 0) is 40.5 Å². The number of hydrogen-bond donors (Lipinski definition) is 0. The van der Waals surface area contributed by atoms with E-state index in [0.29, 0.717) is 20.8 Å². The fourth-order valence-electron chi connectivity index (χ4n) is 1.70. The van der Waals surface area contributed by atoms with Crippen molar-refractivity contribution < 1.29 is 9.66 Å². The summed E-state index contributed by atoms with van der Waals surface area (Å²) in [5.41, 5.74) is 1.74. The van der Waals surface area contributed by atoms with E-state index >= 15 is 0 Å². The number of nitrogens with zero attached hydrogens (tertiary/aromatic N) is 1. The van der Waals surface area contributed by atoms with E-state index in [2.05, 4.69) is 15.9 Å². The summed E-state index contributed by atoms with van der Waals surface area (Å²) in [5.74, 6) is 0.560. The smallest absolute Gasteiger partial charge is 0.283 e. The first-order valence-electron chi connectivity index (χ1n) is 5.80. The summed E-state index contributed by atoms with van der Waals surface area (Å²) in [5, 5.41) is 11.4. The average Bonchev–Trinajstić information content (AvgIpc) is 2.41. The number of aryl methyl sites for hydroxylation is 1. The topological polar surface area (TPSA) is 52.4 Å². The van der Waals surface area contributed by atoms with Gasteiger partial charge in [-0.15, -0.1) is 0 Å². The maximum Gasteiger partial charge on any atom is 0.283 e. The molecule has 0 aromatic heterocycles. The molecular formula is C14H11BrClNO3. The molecule has 0 saturated heterocycles. The Bertz CT molecular complexity index is 661. The van der Waals surface area contributed by atoms with Gasteiger partial charge in [-0.3, -0.25) is 10.1 Å². The minimum Gasteiger partial charge on any atom is -0.487 e. The highest BCUT2D eigenvalue weighted by atomic mass is 79.9. The van der Waals surface area contributed by atoms with Crippen LogP contribution in [0.1, 0.15) is 11.1 Å². The number of hydrogen-bond acceptors (Lipinski definition) is 3. The van der Waals surface area contributed by atoms with Crippen molar-refractivity contribution in [1.82, 2.24) is 0 Å². The lowest BCUT2D eigenvalue weighted by Crippen LogP contribution is -1.99. The summed E-state index contributed by atoms with van der Waals surface area (Å²) in [6.07, 6.45) is 0. The van der Waals surface area contributed by atoms with Gasteiger partial charge < -0.3 is 4.74 Å². The Morgan fingerprint density at radius 1 is 1.35 bits per heavy atom. The molecule has 0 fully saturated rings. The molecule has 4 nitrogen and oxygen atoms in total. The first-order chi connectivity index (χ1) is 9.49. The lowest BCUT2D eigenvalue weighted by molar-refractivity contribution is -0.385. The van der Waals surface area contributed by atoms with E-state index in [1.807, 2.05) is 19.1 Å². The lowest BCUT2D eigenvalue weighted by atomic mass is 10.2. The van der Waals surface area contributed by atoms with Crippen molar-refractivity contribution in [2.24, 2.45) is 0 Å². The van der Waals surface area contributed by atoms with Crippen molar-refractivity contribution in [3.05, 3.63) is 67.1 Å². The van der Waals surface area contributed by atoms with E-state index in [1.54, 1.807) is 18.2 Å². The quantitative estimate of drug-likeness (QED) is 0.578. The van der Waals surface area contributed by atoms with Gasteiger partial charge in [0.25, 0.3) is 5.69 Å². The molecule has 104 valence electrons. The zero-order valence-corrected chi connectivity index (χ0v) is 12.9. The minimum atomic E-state index is -0.437. The Morgan fingerprint density at radius 3 is 2.80 bits per heavy atom. The first-order valence-corrected chi connectivity index (χ1v) is 6.97. The van der Waals surface area contributed by atoms with Gasteiger partial charge in [0.1, 0.15) is 16.8 Å². The molecule has 0 heterocycles. The molecule has 0 spiro atoms. The summed E-state index contributed by atoms with van der Waals surface area (Å²) < 4.78 is 6.06. The molecule has 0 saturated carbocycles. The molecule has 2 rings (SSSR count). The van der Waals surface area contributed by atoms with Crippen LogP contribution < -0.4 is 4.74 Å². The second kappa shape index (κ2) is 6.24. The summed E-state index contributed by atoms with van der Waals surface area (Å²) in [7, 11) is 0. The van der Waals surface area contributed by atoms with Gasteiger partial charge in [0.2, 0.25) is 0 Å². The predicted molar refractivity (Wildman–Crippen MR) is 81.3 cm³/mol. The largest absolute Gasteiger partial charge is 0.487 e. The third-order valence-corrected chi connectivity index (χ3v) is 3.95. The van der Waals surface area contributed by atoms with Crippen molar-refractivity contribution in [3.63, 3.8) is 0 Å². The molecule has 20 heavy (non-hydrogen) atoms. The molecule has 6 heteroatoms. The summed E-state index contributed by atoms with van der Waals surface area (Å²) in [6, 6.07) is 10.3. The van der Waals surface area contributed by atoms with Gasteiger partial charge in [-0.2, -0.15) is 0 Å². The van der Waals surface area contributed by atoms with E-state index in [0.717, 1.165) is 5.56 Å². The molecule has 2 aromatic rings. The van der Waals surface area contributed by atoms with Crippen molar-refractivity contribution in [3.8, 4) is 5.75 Å². The van der Waals surface area contributed by atoms with E-state index in [1.165, 1.54) is 6.07 Å². The molecule has 0 aliphatic carbocycles. The standard InChI is InChI=1S/C14H11BrClNO3/c1-9-5-6-11(16)13(7-9)20-8-10-3-2-4-12(14(10)15)17(18)19/h2-7H,8H2,1H3. The highest BCUT2D eigenvalue weighted by Crippen LogP contribution is 2.31. The fourth-order valence-corrected chi connectivity index (χ4v) is 2.39. The number of benzene rings is 2. The summed E-state index contributed by atoms with van der Waals surface area (Å²) in [6.45, 7) is 2.14. The number of rotatable bonds is 4. The monoisotopic (exact) mass is 355 g/mol. The molecule has 2 aromatic carbocycles. The predicted octanol–water partition coefficient (Wildman–Crippen LogP) is 4.90. The Balaban J connectivity index is 2.21.